The van der Waals surface area contributed by atoms with Gasteiger partial charge in [0.15, 0.2) is 5.60 Å². The van der Waals surface area contributed by atoms with Crippen molar-refractivity contribution in [3.63, 3.8) is 0 Å². The molecule has 0 bridgehead atoms. The maximum absolute atomic E-state index is 10.3. The number of rotatable bonds is 3. The van der Waals surface area contributed by atoms with E-state index in [1.54, 1.807) is 18.2 Å². The molecule has 2 aromatic heterocycles. The zero-order valence-corrected chi connectivity index (χ0v) is 11.1. The molecule has 8 heteroatoms. The third-order valence-electron chi connectivity index (χ3n) is 3.98. The highest BCUT2D eigenvalue weighted by Gasteiger charge is 2.56. The van der Waals surface area contributed by atoms with Gasteiger partial charge in [-0.25, -0.2) is 4.52 Å². The first-order valence-corrected chi connectivity index (χ1v) is 6.53. The molecule has 1 aliphatic heterocycles. The van der Waals surface area contributed by atoms with E-state index in [1.807, 2.05) is 0 Å². The van der Waals surface area contributed by atoms with Crippen LogP contribution in [0.25, 0.3) is 5.52 Å². The molecule has 0 aromatic carbocycles. The van der Waals surface area contributed by atoms with Crippen molar-refractivity contribution in [1.29, 1.82) is 0 Å². The van der Waals surface area contributed by atoms with E-state index in [2.05, 4.69) is 5.10 Å². The van der Waals surface area contributed by atoms with E-state index in [0.717, 1.165) is 0 Å². The number of anilines is 1. The van der Waals surface area contributed by atoms with Crippen LogP contribution in [0.1, 0.15) is 5.69 Å². The molecule has 21 heavy (non-hydrogen) atoms. The molecule has 3 heterocycles. The van der Waals surface area contributed by atoms with Gasteiger partial charge >= 0.3 is 0 Å². The Morgan fingerprint density at radius 3 is 2.67 bits per heavy atom. The van der Waals surface area contributed by atoms with E-state index in [-0.39, 0.29) is 0 Å². The Kier molecular flexibility index (Phi) is 3.34. The molecule has 0 saturated carbocycles. The first-order valence-electron chi connectivity index (χ1n) is 6.53. The van der Waals surface area contributed by atoms with Gasteiger partial charge in [-0.05, 0) is 18.2 Å². The van der Waals surface area contributed by atoms with Gasteiger partial charge in [-0.2, -0.15) is 5.10 Å². The van der Waals surface area contributed by atoms with Crippen LogP contribution < -0.4 is 5.73 Å². The predicted octanol–water partition coefficient (Wildman–Crippen LogP) is -1.78. The standard InChI is InChI=1S/C13H17N3O5/c14-7-3-4-15-16-8(7)1-2-10(16)13(6-18)12(20)11(19)9(5-17)21-13/h1-4,9,11-12,17-20H,5-6,14H2/t9-,11-,12-,13+/m1/s1. The summed E-state index contributed by atoms with van der Waals surface area (Å²) >= 11 is 0. The summed E-state index contributed by atoms with van der Waals surface area (Å²) in [6.45, 7) is -1.05. The van der Waals surface area contributed by atoms with Gasteiger partial charge in [-0.15, -0.1) is 0 Å². The summed E-state index contributed by atoms with van der Waals surface area (Å²) < 4.78 is 7.01. The van der Waals surface area contributed by atoms with Crippen LogP contribution >= 0.6 is 0 Å². The van der Waals surface area contributed by atoms with Crippen LogP contribution in [0, 0.1) is 0 Å². The minimum atomic E-state index is -1.57. The SMILES string of the molecule is Nc1ccnn2c([C@]3(CO)O[C@H](CO)[C@@H](O)[C@H]3O)ccc12. The number of nitrogens with zero attached hydrogens (tertiary/aromatic N) is 2. The molecule has 1 saturated heterocycles. The van der Waals surface area contributed by atoms with Gasteiger partial charge in [0.25, 0.3) is 0 Å². The van der Waals surface area contributed by atoms with Gasteiger partial charge in [-0.3, -0.25) is 0 Å². The van der Waals surface area contributed by atoms with Gasteiger partial charge in [0.1, 0.15) is 18.3 Å². The number of aliphatic hydroxyl groups excluding tert-OH is 4. The molecule has 2 aromatic rings. The molecule has 114 valence electrons. The fraction of sp³-hybridized carbons (Fsp3) is 0.462. The van der Waals surface area contributed by atoms with Gasteiger partial charge in [0.05, 0.1) is 30.1 Å². The smallest absolute Gasteiger partial charge is 0.162 e. The van der Waals surface area contributed by atoms with E-state index in [1.165, 1.54) is 10.7 Å². The average molecular weight is 295 g/mol. The number of nitrogens with two attached hydrogens (primary N) is 1. The Balaban J connectivity index is 2.17. The van der Waals surface area contributed by atoms with Crippen molar-refractivity contribution in [3.8, 4) is 0 Å². The average Bonchev–Trinajstić information content (AvgIpc) is 3.03. The molecule has 0 aliphatic carbocycles. The third kappa shape index (κ3) is 1.84. The lowest BCUT2D eigenvalue weighted by atomic mass is 9.92. The molecular formula is C13H17N3O5. The number of fused-ring (bicyclic) bond motifs is 1. The number of aliphatic hydroxyl groups is 4. The molecule has 6 N–H and O–H groups in total. The maximum atomic E-state index is 10.3. The number of nitrogen functional groups attached to an aromatic ring is 1. The number of ether oxygens (including phenoxy) is 1. The largest absolute Gasteiger partial charge is 0.397 e. The van der Waals surface area contributed by atoms with Crippen molar-refractivity contribution in [2.24, 2.45) is 0 Å². The van der Waals surface area contributed by atoms with Crippen molar-refractivity contribution in [1.82, 2.24) is 9.61 Å². The van der Waals surface area contributed by atoms with Crippen molar-refractivity contribution in [3.05, 3.63) is 30.1 Å². The second-order valence-corrected chi connectivity index (χ2v) is 5.12. The molecule has 4 atom stereocenters. The molecule has 0 unspecified atom stereocenters. The summed E-state index contributed by atoms with van der Waals surface area (Å²) in [4.78, 5) is 0. The monoisotopic (exact) mass is 295 g/mol. The molecular weight excluding hydrogens is 278 g/mol. The second kappa shape index (κ2) is 4.93. The Labute approximate surface area is 120 Å². The van der Waals surface area contributed by atoms with Crippen molar-refractivity contribution in [2.45, 2.75) is 23.9 Å². The maximum Gasteiger partial charge on any atom is 0.162 e. The predicted molar refractivity (Wildman–Crippen MR) is 72.3 cm³/mol. The first-order chi connectivity index (χ1) is 10.0. The third-order valence-corrected chi connectivity index (χ3v) is 3.98. The molecule has 1 fully saturated rings. The van der Waals surface area contributed by atoms with Crippen molar-refractivity contribution in [2.75, 3.05) is 18.9 Å². The van der Waals surface area contributed by atoms with Gasteiger partial charge in [0.2, 0.25) is 0 Å². The van der Waals surface area contributed by atoms with E-state index in [4.69, 9.17) is 10.5 Å². The summed E-state index contributed by atoms with van der Waals surface area (Å²) in [5, 5.41) is 43.4. The summed E-state index contributed by atoms with van der Waals surface area (Å²) in [6, 6.07) is 4.93. The number of hydrogen-bond acceptors (Lipinski definition) is 7. The summed E-state index contributed by atoms with van der Waals surface area (Å²) in [5.74, 6) is 0. The zero-order valence-electron chi connectivity index (χ0n) is 11.1. The number of hydrogen-bond donors (Lipinski definition) is 5. The van der Waals surface area contributed by atoms with E-state index in [9.17, 15) is 20.4 Å². The van der Waals surface area contributed by atoms with Crippen LogP contribution in [-0.4, -0.2) is 61.6 Å². The summed E-state index contributed by atoms with van der Waals surface area (Å²) in [5.41, 5.74) is 5.72. The van der Waals surface area contributed by atoms with Crippen LogP contribution in [-0.2, 0) is 10.3 Å². The van der Waals surface area contributed by atoms with Crippen LogP contribution in [0.4, 0.5) is 5.69 Å². The fourth-order valence-corrected chi connectivity index (χ4v) is 2.82. The Morgan fingerprint density at radius 1 is 1.29 bits per heavy atom. The highest BCUT2D eigenvalue weighted by molar-refractivity contribution is 5.69. The van der Waals surface area contributed by atoms with E-state index < -0.39 is 37.1 Å². The minimum Gasteiger partial charge on any atom is -0.397 e. The highest BCUT2D eigenvalue weighted by Crippen LogP contribution is 2.40. The molecule has 0 spiro atoms. The van der Waals surface area contributed by atoms with Gasteiger partial charge in [-0.1, -0.05) is 0 Å². The molecule has 3 rings (SSSR count). The Hall–Kier alpha value is -1.71. The molecule has 0 amide bonds. The lowest BCUT2D eigenvalue weighted by Gasteiger charge is -2.29. The topological polar surface area (TPSA) is 133 Å². The lowest BCUT2D eigenvalue weighted by Crippen LogP contribution is -2.44. The van der Waals surface area contributed by atoms with Crippen LogP contribution in [0.3, 0.4) is 0 Å². The zero-order chi connectivity index (χ0) is 15.2. The second-order valence-electron chi connectivity index (χ2n) is 5.12. The number of aromatic nitrogens is 2. The van der Waals surface area contributed by atoms with Crippen LogP contribution in [0.15, 0.2) is 24.4 Å². The van der Waals surface area contributed by atoms with Crippen molar-refractivity contribution < 1.29 is 25.2 Å². The Morgan fingerprint density at radius 2 is 2.05 bits per heavy atom. The van der Waals surface area contributed by atoms with E-state index in [0.29, 0.717) is 16.9 Å². The summed E-state index contributed by atoms with van der Waals surface area (Å²) in [6.07, 6.45) is -2.22. The molecule has 1 aliphatic rings. The lowest BCUT2D eigenvalue weighted by molar-refractivity contribution is -0.127. The Bertz CT molecular complexity index is 660. The van der Waals surface area contributed by atoms with Crippen LogP contribution in [0.2, 0.25) is 0 Å². The highest BCUT2D eigenvalue weighted by atomic mass is 16.6. The quantitative estimate of drug-likeness (QED) is 0.452. The fourth-order valence-electron chi connectivity index (χ4n) is 2.82. The van der Waals surface area contributed by atoms with E-state index >= 15 is 0 Å². The van der Waals surface area contributed by atoms with Crippen molar-refractivity contribution >= 4 is 11.2 Å². The minimum absolute atomic E-state index is 0.356. The van der Waals surface area contributed by atoms with Gasteiger partial charge < -0.3 is 30.9 Å². The molecule has 8 nitrogen and oxygen atoms in total. The van der Waals surface area contributed by atoms with Gasteiger partial charge in [0, 0.05) is 6.20 Å². The summed E-state index contributed by atoms with van der Waals surface area (Å²) in [7, 11) is 0. The molecule has 0 radical (unpaired) electrons. The van der Waals surface area contributed by atoms with Crippen LogP contribution in [0.5, 0.6) is 0 Å². The first kappa shape index (κ1) is 14.2. The normalized spacial score (nSPS) is 32.9.